The summed E-state index contributed by atoms with van der Waals surface area (Å²) in [6.07, 6.45) is 3.80. The van der Waals surface area contributed by atoms with Crippen molar-refractivity contribution < 1.29 is 19.6 Å². The standard InChI is InChI=1S/C22H21N5O5/c1-2-32-19-12-14(11-18(21(19)28)27(30)31)13-23-24-22(29)20-16-9-6-10-17(16)26(25-20)15-7-4-3-5-8-15/h3-5,7-8,11-13,28H,2,6,9-10H2,1H3,(H,24,29)/b23-13+. The fourth-order valence-corrected chi connectivity index (χ4v) is 3.71. The second-order valence-electron chi connectivity index (χ2n) is 7.15. The summed E-state index contributed by atoms with van der Waals surface area (Å²) in [6.45, 7) is 1.91. The normalized spacial score (nSPS) is 12.7. The van der Waals surface area contributed by atoms with Crippen molar-refractivity contribution >= 4 is 17.8 Å². The quantitative estimate of drug-likeness (QED) is 0.333. The number of aromatic nitrogens is 2. The third kappa shape index (κ3) is 4.02. The average Bonchev–Trinajstić information content (AvgIpc) is 3.39. The Bertz CT molecular complexity index is 1200. The van der Waals surface area contributed by atoms with Crippen molar-refractivity contribution in [2.45, 2.75) is 26.2 Å². The Labute approximate surface area is 183 Å². The minimum atomic E-state index is -0.715. The summed E-state index contributed by atoms with van der Waals surface area (Å²) < 4.78 is 7.03. The number of benzene rings is 2. The van der Waals surface area contributed by atoms with Gasteiger partial charge in [0.25, 0.3) is 5.91 Å². The van der Waals surface area contributed by atoms with E-state index in [1.807, 2.05) is 30.3 Å². The summed E-state index contributed by atoms with van der Waals surface area (Å²) in [5.74, 6) is -1.05. The Morgan fingerprint density at radius 2 is 2.12 bits per heavy atom. The van der Waals surface area contributed by atoms with Crippen molar-refractivity contribution in [2.75, 3.05) is 6.61 Å². The zero-order valence-electron chi connectivity index (χ0n) is 17.3. The fraction of sp³-hybridized carbons (Fsp3) is 0.227. The molecule has 0 atom stereocenters. The number of amides is 1. The van der Waals surface area contributed by atoms with E-state index >= 15 is 0 Å². The number of aromatic hydroxyl groups is 1. The molecule has 3 aromatic rings. The van der Waals surface area contributed by atoms with Gasteiger partial charge in [-0.15, -0.1) is 0 Å². The molecule has 1 heterocycles. The molecule has 0 radical (unpaired) electrons. The smallest absolute Gasteiger partial charge is 0.315 e. The first-order valence-electron chi connectivity index (χ1n) is 10.1. The molecule has 0 saturated heterocycles. The van der Waals surface area contributed by atoms with E-state index in [1.165, 1.54) is 12.3 Å². The molecule has 1 amide bonds. The summed E-state index contributed by atoms with van der Waals surface area (Å²) in [6, 6.07) is 12.2. The summed E-state index contributed by atoms with van der Waals surface area (Å²) in [4.78, 5) is 23.2. The van der Waals surface area contributed by atoms with Gasteiger partial charge >= 0.3 is 5.69 Å². The van der Waals surface area contributed by atoms with Crippen LogP contribution in [0, 0.1) is 10.1 Å². The monoisotopic (exact) mass is 435 g/mol. The highest BCUT2D eigenvalue weighted by atomic mass is 16.6. The van der Waals surface area contributed by atoms with Gasteiger partial charge in [0.05, 0.1) is 23.4 Å². The number of nitro groups is 1. The third-order valence-electron chi connectivity index (χ3n) is 5.10. The summed E-state index contributed by atoms with van der Waals surface area (Å²) in [5.41, 5.74) is 5.33. The number of nitro benzene ring substituents is 1. The molecule has 32 heavy (non-hydrogen) atoms. The molecule has 10 heteroatoms. The van der Waals surface area contributed by atoms with Gasteiger partial charge in [-0.2, -0.15) is 10.2 Å². The molecule has 0 spiro atoms. The summed E-state index contributed by atoms with van der Waals surface area (Å²) in [5, 5.41) is 29.6. The van der Waals surface area contributed by atoms with Crippen LogP contribution in [0.4, 0.5) is 5.69 Å². The lowest BCUT2D eigenvalue weighted by molar-refractivity contribution is -0.386. The van der Waals surface area contributed by atoms with E-state index in [2.05, 4.69) is 15.6 Å². The molecule has 0 saturated carbocycles. The Kier molecular flexibility index (Phi) is 5.84. The topological polar surface area (TPSA) is 132 Å². The van der Waals surface area contributed by atoms with Crippen molar-refractivity contribution in [1.82, 2.24) is 15.2 Å². The number of hydrazone groups is 1. The highest BCUT2D eigenvalue weighted by Crippen LogP contribution is 2.36. The van der Waals surface area contributed by atoms with Crippen LogP contribution in [-0.4, -0.2) is 38.5 Å². The van der Waals surface area contributed by atoms with Crippen molar-refractivity contribution in [2.24, 2.45) is 5.10 Å². The summed E-state index contributed by atoms with van der Waals surface area (Å²) in [7, 11) is 0. The van der Waals surface area contributed by atoms with Gasteiger partial charge in [0, 0.05) is 22.9 Å². The van der Waals surface area contributed by atoms with Crippen molar-refractivity contribution in [1.29, 1.82) is 0 Å². The van der Waals surface area contributed by atoms with Crippen LogP contribution in [0.2, 0.25) is 0 Å². The molecule has 0 unspecified atom stereocenters. The molecule has 0 aliphatic heterocycles. The molecule has 0 bridgehead atoms. The second-order valence-corrected chi connectivity index (χ2v) is 7.15. The number of ether oxygens (including phenoxy) is 1. The van der Waals surface area contributed by atoms with E-state index in [-0.39, 0.29) is 12.4 Å². The van der Waals surface area contributed by atoms with E-state index in [9.17, 15) is 20.0 Å². The van der Waals surface area contributed by atoms with Crippen molar-refractivity contribution in [3.63, 3.8) is 0 Å². The van der Waals surface area contributed by atoms with E-state index in [4.69, 9.17) is 4.74 Å². The second kappa shape index (κ2) is 8.88. The first-order chi connectivity index (χ1) is 15.5. The number of carbonyl (C=O) groups is 1. The lowest BCUT2D eigenvalue weighted by Crippen LogP contribution is -2.20. The van der Waals surface area contributed by atoms with Crippen LogP contribution >= 0.6 is 0 Å². The zero-order valence-corrected chi connectivity index (χ0v) is 17.3. The van der Waals surface area contributed by atoms with Crippen molar-refractivity contribution in [3.05, 3.63) is 75.1 Å². The van der Waals surface area contributed by atoms with Crippen LogP contribution in [0.25, 0.3) is 5.69 Å². The van der Waals surface area contributed by atoms with E-state index in [0.29, 0.717) is 11.3 Å². The van der Waals surface area contributed by atoms with E-state index in [1.54, 1.807) is 11.6 Å². The summed E-state index contributed by atoms with van der Waals surface area (Å²) >= 11 is 0. The van der Waals surface area contributed by atoms with Crippen LogP contribution < -0.4 is 10.2 Å². The number of fused-ring (bicyclic) bond motifs is 1. The molecule has 10 nitrogen and oxygen atoms in total. The number of hydrogen-bond acceptors (Lipinski definition) is 7. The number of hydrogen-bond donors (Lipinski definition) is 2. The van der Waals surface area contributed by atoms with Gasteiger partial charge in [-0.3, -0.25) is 14.9 Å². The molecule has 164 valence electrons. The largest absolute Gasteiger partial charge is 0.500 e. The lowest BCUT2D eigenvalue weighted by Gasteiger charge is -2.07. The Morgan fingerprint density at radius 3 is 2.84 bits per heavy atom. The van der Waals surface area contributed by atoms with Crippen LogP contribution in [0.3, 0.4) is 0 Å². The van der Waals surface area contributed by atoms with E-state index < -0.39 is 22.3 Å². The van der Waals surface area contributed by atoms with E-state index in [0.717, 1.165) is 42.3 Å². The van der Waals surface area contributed by atoms with Crippen LogP contribution in [0.1, 0.15) is 40.7 Å². The van der Waals surface area contributed by atoms with Gasteiger partial charge < -0.3 is 9.84 Å². The van der Waals surface area contributed by atoms with Crippen LogP contribution in [0.5, 0.6) is 11.5 Å². The molecule has 2 N–H and O–H groups in total. The Balaban J connectivity index is 1.57. The van der Waals surface area contributed by atoms with Crippen LogP contribution in [0.15, 0.2) is 47.6 Å². The van der Waals surface area contributed by atoms with Gasteiger partial charge in [0.1, 0.15) is 0 Å². The minimum Gasteiger partial charge on any atom is -0.500 e. The number of para-hydroxylation sites is 1. The zero-order chi connectivity index (χ0) is 22.7. The SMILES string of the molecule is CCOc1cc(/C=N/NC(=O)c2nn(-c3ccccc3)c3c2CCC3)cc([N+](=O)[O-])c1O. The third-order valence-corrected chi connectivity index (χ3v) is 5.10. The van der Waals surface area contributed by atoms with Gasteiger partial charge in [-0.1, -0.05) is 18.2 Å². The molecule has 1 aliphatic rings. The molecule has 2 aromatic carbocycles. The number of rotatable bonds is 7. The Hall–Kier alpha value is -4.21. The minimum absolute atomic E-state index is 0.0334. The van der Waals surface area contributed by atoms with Gasteiger partial charge in [-0.25, -0.2) is 10.1 Å². The first-order valence-corrected chi connectivity index (χ1v) is 10.1. The van der Waals surface area contributed by atoms with Gasteiger partial charge in [0.2, 0.25) is 5.75 Å². The lowest BCUT2D eigenvalue weighted by atomic mass is 10.2. The average molecular weight is 435 g/mol. The van der Waals surface area contributed by atoms with Gasteiger partial charge in [0.15, 0.2) is 11.4 Å². The maximum atomic E-state index is 12.8. The molecule has 0 fully saturated rings. The van der Waals surface area contributed by atoms with Crippen LogP contribution in [-0.2, 0) is 12.8 Å². The number of carbonyl (C=O) groups excluding carboxylic acids is 1. The highest BCUT2D eigenvalue weighted by molar-refractivity contribution is 5.95. The van der Waals surface area contributed by atoms with Gasteiger partial charge in [-0.05, 0) is 44.4 Å². The fourth-order valence-electron chi connectivity index (χ4n) is 3.71. The maximum absolute atomic E-state index is 12.8. The number of nitrogens with one attached hydrogen (secondary N) is 1. The van der Waals surface area contributed by atoms with Crippen molar-refractivity contribution in [3.8, 4) is 17.2 Å². The molecule has 1 aromatic heterocycles. The molecular formula is C22H21N5O5. The predicted molar refractivity (Wildman–Crippen MR) is 117 cm³/mol. The predicted octanol–water partition coefficient (Wildman–Crippen LogP) is 3.14. The molecule has 1 aliphatic carbocycles. The number of nitrogens with zero attached hydrogens (tertiary/aromatic N) is 4. The number of phenols is 1. The molecule has 4 rings (SSSR count). The first kappa shape index (κ1) is 21.0. The molecular weight excluding hydrogens is 414 g/mol. The number of phenolic OH excluding ortho intramolecular Hbond substituents is 1. The maximum Gasteiger partial charge on any atom is 0.315 e. The highest BCUT2D eigenvalue weighted by Gasteiger charge is 2.27. The Morgan fingerprint density at radius 1 is 1.34 bits per heavy atom.